The molecule has 4 aromatic heterocycles. The summed E-state index contributed by atoms with van der Waals surface area (Å²) in [4.78, 5) is 4.97. The maximum atomic E-state index is 8.97. The lowest BCUT2D eigenvalue weighted by Gasteiger charge is -2.28. The lowest BCUT2D eigenvalue weighted by molar-refractivity contribution is -0.571. The van der Waals surface area contributed by atoms with Crippen LogP contribution in [0.1, 0.15) is 175 Å². The summed E-state index contributed by atoms with van der Waals surface area (Å²) in [6.45, 7) is 38.1. The van der Waals surface area contributed by atoms with Gasteiger partial charge in [-0.25, -0.2) is 4.98 Å². The number of ether oxygens (including phenoxy) is 1. The second kappa shape index (κ2) is 23.2. The highest BCUT2D eigenvalue weighted by Crippen LogP contribution is 2.45. The Hall–Kier alpha value is -9.78. The Morgan fingerprint density at radius 3 is 1.46 bits per heavy atom. The summed E-state index contributed by atoms with van der Waals surface area (Å²) in [6, 6.07) is 62.0. The second-order valence-electron chi connectivity index (χ2n) is 32.8. The Kier molecular flexibility index (Phi) is 13.3. The molecular weight excluding hydrogens is 1180 g/mol. The van der Waals surface area contributed by atoms with Crippen LogP contribution in [0.5, 0.6) is 11.5 Å². The molecule has 10 aromatic carbocycles. The third-order valence-corrected chi connectivity index (χ3v) is 19.5. The van der Waals surface area contributed by atoms with Crippen molar-refractivity contribution in [3.8, 4) is 67.8 Å². The Bertz CT molecular complexity index is 5620. The highest BCUT2D eigenvalue weighted by atomic mass is 16.5. The van der Waals surface area contributed by atoms with Gasteiger partial charge in [-0.1, -0.05) is 252 Å². The lowest BCUT2D eigenvalue weighted by Crippen LogP contribution is -2.31. The van der Waals surface area contributed by atoms with Crippen molar-refractivity contribution < 1.29 is 20.3 Å². The molecule has 4 heterocycles. The minimum Gasteiger partial charge on any atom is -0.458 e. The maximum Gasteiger partial charge on any atom is 0.269 e. The van der Waals surface area contributed by atoms with E-state index >= 15 is 0 Å². The van der Waals surface area contributed by atoms with E-state index in [2.05, 4.69) is 278 Å². The zero-order chi connectivity index (χ0) is 75.5. The van der Waals surface area contributed by atoms with Gasteiger partial charge in [0.1, 0.15) is 17.3 Å². The number of pyridine rings is 1. The molecule has 14 aromatic rings. The molecule has 0 fully saturated rings. The molecule has 0 radical (unpaired) electrons. The van der Waals surface area contributed by atoms with E-state index in [9.17, 15) is 0 Å². The van der Waals surface area contributed by atoms with E-state index in [1.807, 2.05) is 47.0 Å². The van der Waals surface area contributed by atoms with E-state index in [4.69, 9.17) is 20.7 Å². The topological polar surface area (TPSA) is 40.8 Å². The number of aromatic nitrogens is 5. The normalized spacial score (nSPS) is 14.2. The average Bonchev–Trinajstić information content (AvgIpc) is 1.52. The number of fused-ring (bicyclic) bond motifs is 7. The van der Waals surface area contributed by atoms with Crippen molar-refractivity contribution in [3.05, 3.63) is 264 Å². The fraction of sp³-hybridized carbons (Fsp3) is 0.275. The molecule has 0 unspecified atom stereocenters. The van der Waals surface area contributed by atoms with Crippen molar-refractivity contribution in [1.29, 1.82) is 0 Å². The largest absolute Gasteiger partial charge is 0.458 e. The first kappa shape index (κ1) is 55.4. The molecular formula is C91H93N5O. The number of benzene rings is 10. The standard InChI is InChI=1S/C91H93N5O/c1-57-43-84(92-55-77(57)58-27-21-20-22-28-58)96-80-42-37-68(95-78-40-35-61(86(2,3)4)50-74(78)75-51-62(87(5,6)7)36-41-79(75)95)53-76(80)73-39-38-70(54-83(73)96)97-69-30-25-29-67(52-69)93-56-94(82-34-24-23-33-81(82)93)85-71(59-44-63(88(8,9)10)48-64(45-59)89(11,12)13)31-26-32-72(85)60-46-65(90(14,15)16)49-66(47-60)91(17,18)19/h20-55H,1-19H3/i1D3,20D,21D,22D,27D,28D. The van der Waals surface area contributed by atoms with Crippen LogP contribution in [0.15, 0.2) is 218 Å². The smallest absolute Gasteiger partial charge is 0.269 e. The van der Waals surface area contributed by atoms with Crippen LogP contribution in [0, 0.1) is 13.2 Å². The van der Waals surface area contributed by atoms with Crippen LogP contribution in [0.25, 0.3) is 111 Å². The highest BCUT2D eigenvalue weighted by Gasteiger charge is 2.29. The molecule has 0 aliphatic heterocycles. The number of nitrogens with zero attached hydrogens (tertiary/aromatic N) is 5. The van der Waals surface area contributed by atoms with Crippen molar-refractivity contribution in [2.75, 3.05) is 0 Å². The molecule has 0 spiro atoms. The Labute approximate surface area is 586 Å². The fourth-order valence-corrected chi connectivity index (χ4v) is 13.6. The molecule has 14 rings (SSSR count). The van der Waals surface area contributed by atoms with Gasteiger partial charge in [0.05, 0.1) is 51.3 Å². The van der Waals surface area contributed by atoms with E-state index < -0.39 is 37.1 Å². The van der Waals surface area contributed by atoms with Gasteiger partial charge in [-0.15, -0.1) is 0 Å². The SMILES string of the molecule is [2H]c1c([2H])c([2H])c(-c2cnc(-n3c4ccc(-n5c6ccc(C(C)(C)C)cc6c6cc(C(C)(C)C)ccc65)cc4c4ccc(Oc5cccc(-n6[c-][n+](-c7c(-c8cc(C(C)(C)C)cc(C(C)(C)C)c8)cccc7-c7cc(C(C)(C)C)cc(C(C)(C)C)c7)c7ccccc76)c5)cc43)cc2C([2H])([2H])[2H])c([2H])c1[2H]. The van der Waals surface area contributed by atoms with Gasteiger partial charge in [0.25, 0.3) is 6.33 Å². The fourth-order valence-electron chi connectivity index (χ4n) is 13.6. The van der Waals surface area contributed by atoms with E-state index in [1.165, 1.54) is 45.6 Å². The van der Waals surface area contributed by atoms with Crippen LogP contribution in [0.4, 0.5) is 0 Å². The van der Waals surface area contributed by atoms with Crippen LogP contribution >= 0.6 is 0 Å². The van der Waals surface area contributed by atoms with Crippen molar-refractivity contribution in [1.82, 2.24) is 18.7 Å². The number of aryl methyl sites for hydroxylation is 1. The molecule has 0 N–H and O–H groups in total. The summed E-state index contributed by atoms with van der Waals surface area (Å²) in [5, 5.41) is 4.00. The van der Waals surface area contributed by atoms with Gasteiger partial charge in [0.15, 0.2) is 0 Å². The zero-order valence-corrected chi connectivity index (χ0v) is 59.5. The number of hydrogen-bond donors (Lipinski definition) is 0. The van der Waals surface area contributed by atoms with E-state index in [1.54, 1.807) is 0 Å². The number of hydrogen-bond acceptors (Lipinski definition) is 2. The van der Waals surface area contributed by atoms with Crippen molar-refractivity contribution >= 4 is 54.6 Å². The predicted molar refractivity (Wildman–Crippen MR) is 410 cm³/mol. The summed E-state index contributed by atoms with van der Waals surface area (Å²) >= 11 is 0. The van der Waals surface area contributed by atoms with Gasteiger partial charge >= 0.3 is 0 Å². The van der Waals surface area contributed by atoms with Crippen molar-refractivity contribution in [3.63, 3.8) is 0 Å². The first-order valence-corrected chi connectivity index (χ1v) is 34.0. The summed E-state index contributed by atoms with van der Waals surface area (Å²) in [5.74, 6) is 1.29. The molecule has 0 aliphatic carbocycles. The molecule has 0 saturated carbocycles. The van der Waals surface area contributed by atoms with Gasteiger partial charge in [-0.3, -0.25) is 13.7 Å². The van der Waals surface area contributed by atoms with Crippen LogP contribution < -0.4 is 9.30 Å². The lowest BCUT2D eigenvalue weighted by atomic mass is 9.77. The first-order valence-electron chi connectivity index (χ1n) is 38.0. The monoisotopic (exact) mass is 1280 g/mol. The molecule has 0 amide bonds. The van der Waals surface area contributed by atoms with E-state index in [0.29, 0.717) is 17.0 Å². The third kappa shape index (κ3) is 12.0. The Balaban J connectivity index is 0.954. The molecule has 0 atom stereocenters. The molecule has 0 aliphatic rings. The van der Waals surface area contributed by atoms with Crippen molar-refractivity contribution in [2.24, 2.45) is 0 Å². The molecule has 6 heteroatoms. The quantitative estimate of drug-likeness (QED) is 0.107. The van der Waals surface area contributed by atoms with Crippen molar-refractivity contribution in [2.45, 2.75) is 164 Å². The molecule has 0 saturated heterocycles. The summed E-state index contributed by atoms with van der Waals surface area (Å²) in [6.07, 6.45) is 5.27. The second-order valence-corrected chi connectivity index (χ2v) is 32.8. The molecule has 0 bridgehead atoms. The van der Waals surface area contributed by atoms with Crippen LogP contribution in [-0.2, 0) is 32.5 Å². The predicted octanol–water partition coefficient (Wildman–Crippen LogP) is 24.2. The molecule has 97 heavy (non-hydrogen) atoms. The zero-order valence-electron chi connectivity index (χ0n) is 67.5. The first-order chi connectivity index (χ1) is 49.0. The minimum atomic E-state index is -2.81. The van der Waals surface area contributed by atoms with E-state index in [-0.39, 0.29) is 55.0 Å². The summed E-state index contributed by atoms with van der Waals surface area (Å²) < 4.78 is 85.9. The van der Waals surface area contributed by atoms with Crippen LogP contribution in [0.2, 0.25) is 0 Å². The Morgan fingerprint density at radius 2 is 0.907 bits per heavy atom. The number of imidazole rings is 1. The average molecular weight is 1280 g/mol. The maximum absolute atomic E-state index is 8.97. The van der Waals surface area contributed by atoms with Gasteiger partial charge in [-0.05, 0) is 185 Å². The minimum absolute atomic E-state index is 0.0812. The van der Waals surface area contributed by atoms with Crippen LogP contribution in [-0.4, -0.2) is 18.7 Å². The summed E-state index contributed by atoms with van der Waals surface area (Å²) in [5.41, 5.74) is 18.8. The molecule has 6 nitrogen and oxygen atoms in total. The van der Waals surface area contributed by atoms with E-state index in [0.717, 1.165) is 88.4 Å². The number of rotatable bonds is 9. The number of para-hydroxylation sites is 3. The van der Waals surface area contributed by atoms with Crippen LogP contribution in [0.3, 0.4) is 0 Å². The highest BCUT2D eigenvalue weighted by molar-refractivity contribution is 6.13. The van der Waals surface area contributed by atoms with Gasteiger partial charge in [0, 0.05) is 49.2 Å². The van der Waals surface area contributed by atoms with Gasteiger partial charge < -0.3 is 9.30 Å². The van der Waals surface area contributed by atoms with Gasteiger partial charge in [-0.2, -0.15) is 0 Å². The van der Waals surface area contributed by atoms with Gasteiger partial charge in [0.2, 0.25) is 0 Å². The summed E-state index contributed by atoms with van der Waals surface area (Å²) in [7, 11) is 0. The molecule has 488 valence electrons. The third-order valence-electron chi connectivity index (χ3n) is 19.5. The Morgan fingerprint density at radius 1 is 0.392 bits per heavy atom.